The summed E-state index contributed by atoms with van der Waals surface area (Å²) in [6, 6.07) is 2.01. The van der Waals surface area contributed by atoms with Gasteiger partial charge in [-0.05, 0) is 73.0 Å². The topological polar surface area (TPSA) is 108 Å². The van der Waals surface area contributed by atoms with E-state index in [1.54, 1.807) is 11.3 Å². The maximum absolute atomic E-state index is 10.6. The lowest BCUT2D eigenvalue weighted by Gasteiger charge is -2.42. The van der Waals surface area contributed by atoms with Gasteiger partial charge in [-0.15, -0.1) is 11.3 Å². The highest BCUT2D eigenvalue weighted by Crippen LogP contribution is 2.37. The van der Waals surface area contributed by atoms with Crippen molar-refractivity contribution in [3.63, 3.8) is 0 Å². The highest BCUT2D eigenvalue weighted by atomic mass is 32.1. The number of fused-ring (bicyclic) bond motifs is 1. The zero-order valence-corrected chi connectivity index (χ0v) is 24.7. The molecule has 0 saturated carbocycles. The molecule has 3 aromatic rings. The molecule has 4 heterocycles. The number of aryl methyl sites for hydroxylation is 2. The van der Waals surface area contributed by atoms with Gasteiger partial charge in [-0.2, -0.15) is 4.98 Å². The van der Waals surface area contributed by atoms with Crippen LogP contribution in [0.1, 0.15) is 57.8 Å². The summed E-state index contributed by atoms with van der Waals surface area (Å²) in [6.07, 6.45) is 5.49. The van der Waals surface area contributed by atoms with Gasteiger partial charge in [0.1, 0.15) is 16.3 Å². The van der Waals surface area contributed by atoms with Gasteiger partial charge in [0.25, 0.3) is 0 Å². The molecule has 38 heavy (non-hydrogen) atoms. The highest BCUT2D eigenvalue weighted by Gasteiger charge is 2.35. The van der Waals surface area contributed by atoms with Gasteiger partial charge in [0, 0.05) is 38.0 Å². The first kappa shape index (κ1) is 28.6. The van der Waals surface area contributed by atoms with Crippen LogP contribution in [0.2, 0.25) is 0 Å². The van der Waals surface area contributed by atoms with Gasteiger partial charge in [-0.3, -0.25) is 4.98 Å². The second-order valence-electron chi connectivity index (χ2n) is 11.2. The fourth-order valence-corrected chi connectivity index (χ4v) is 6.43. The number of nitrogens with one attached hydrogen (secondary N) is 2. The molecule has 208 valence electrons. The molecule has 1 aliphatic rings. The smallest absolute Gasteiger partial charge is 0.224 e. The van der Waals surface area contributed by atoms with E-state index in [4.69, 9.17) is 19.7 Å². The molecular formula is C28H43N7O2S. The lowest BCUT2D eigenvalue weighted by atomic mass is 9.86. The van der Waals surface area contributed by atoms with Crippen molar-refractivity contribution in [3.8, 4) is 10.6 Å². The fraction of sp³-hybridized carbons (Fsp3) is 0.643. The van der Waals surface area contributed by atoms with Crippen LogP contribution in [0, 0.1) is 19.8 Å². The third-order valence-electron chi connectivity index (χ3n) is 8.02. The summed E-state index contributed by atoms with van der Waals surface area (Å²) < 4.78 is 6.73. The normalized spacial score (nSPS) is 16.7. The summed E-state index contributed by atoms with van der Waals surface area (Å²) in [6.45, 7) is 12.9. The lowest BCUT2D eigenvalue weighted by molar-refractivity contribution is -0.000706. The Hall–Kier alpha value is -2.40. The standard InChI is InChI=1S/C28H43N7O2S/c1-8-20(27(4,5)36)9-13-30-24-22(25-33-23-19(3)29-14-10-21(23)38-25)18(2)32-26(34-24)31-17-28(35(6)7)11-15-37-16-12-28/h10,14,20,36H,8-9,11-13,15-17H2,1-7H3,(H2,30,31,32,34). The molecule has 10 heteroatoms. The van der Waals surface area contributed by atoms with E-state index in [2.05, 4.69) is 41.5 Å². The van der Waals surface area contributed by atoms with Gasteiger partial charge in [-0.25, -0.2) is 9.97 Å². The van der Waals surface area contributed by atoms with E-state index in [0.29, 0.717) is 12.5 Å². The van der Waals surface area contributed by atoms with Crippen LogP contribution >= 0.6 is 11.3 Å². The van der Waals surface area contributed by atoms with Crippen LogP contribution in [0.5, 0.6) is 0 Å². The molecule has 0 spiro atoms. The van der Waals surface area contributed by atoms with Crippen molar-refractivity contribution >= 4 is 33.3 Å². The largest absolute Gasteiger partial charge is 0.390 e. The Labute approximate surface area is 230 Å². The molecule has 1 unspecified atom stereocenters. The van der Waals surface area contributed by atoms with E-state index in [-0.39, 0.29) is 11.5 Å². The molecule has 3 aromatic heterocycles. The van der Waals surface area contributed by atoms with E-state index in [9.17, 15) is 5.11 Å². The molecule has 3 N–H and O–H groups in total. The first-order valence-electron chi connectivity index (χ1n) is 13.6. The van der Waals surface area contributed by atoms with Crippen LogP contribution in [0.3, 0.4) is 0 Å². The maximum Gasteiger partial charge on any atom is 0.224 e. The number of likely N-dealkylation sites (N-methyl/N-ethyl adjacent to an activating group) is 1. The Bertz CT molecular complexity index is 1230. The van der Waals surface area contributed by atoms with E-state index in [0.717, 1.165) is 83.4 Å². The van der Waals surface area contributed by atoms with Crippen LogP contribution in [0.4, 0.5) is 11.8 Å². The first-order valence-corrected chi connectivity index (χ1v) is 14.4. The van der Waals surface area contributed by atoms with Gasteiger partial charge >= 0.3 is 0 Å². The molecule has 0 aliphatic carbocycles. The number of aliphatic hydroxyl groups is 1. The van der Waals surface area contributed by atoms with Crippen molar-refractivity contribution in [3.05, 3.63) is 23.7 Å². The zero-order chi connectivity index (χ0) is 27.5. The van der Waals surface area contributed by atoms with Crippen molar-refractivity contribution in [2.45, 2.75) is 71.4 Å². The third kappa shape index (κ3) is 6.25. The summed E-state index contributed by atoms with van der Waals surface area (Å²) in [4.78, 5) is 21.5. The van der Waals surface area contributed by atoms with E-state index < -0.39 is 5.60 Å². The first-order chi connectivity index (χ1) is 18.0. The summed E-state index contributed by atoms with van der Waals surface area (Å²) in [7, 11) is 4.26. The number of hydrogen-bond donors (Lipinski definition) is 3. The number of nitrogens with zero attached hydrogens (tertiary/aromatic N) is 5. The molecular weight excluding hydrogens is 498 g/mol. The van der Waals surface area contributed by atoms with Gasteiger partial charge in [0.2, 0.25) is 5.95 Å². The van der Waals surface area contributed by atoms with E-state index >= 15 is 0 Å². The van der Waals surface area contributed by atoms with Crippen molar-refractivity contribution in [1.82, 2.24) is 24.8 Å². The highest BCUT2D eigenvalue weighted by molar-refractivity contribution is 7.21. The van der Waals surface area contributed by atoms with Crippen molar-refractivity contribution in [2.24, 2.45) is 5.92 Å². The average molecular weight is 542 g/mol. The number of thiazole rings is 1. The minimum Gasteiger partial charge on any atom is -0.390 e. The molecule has 0 aromatic carbocycles. The predicted octanol–water partition coefficient (Wildman–Crippen LogP) is 4.89. The van der Waals surface area contributed by atoms with Gasteiger partial charge < -0.3 is 25.4 Å². The van der Waals surface area contributed by atoms with Gasteiger partial charge in [0.15, 0.2) is 0 Å². The number of hydrogen-bond acceptors (Lipinski definition) is 10. The summed E-state index contributed by atoms with van der Waals surface area (Å²) in [5.41, 5.74) is 2.89. The van der Waals surface area contributed by atoms with Crippen LogP contribution in [0.25, 0.3) is 20.8 Å². The maximum atomic E-state index is 10.6. The molecule has 0 radical (unpaired) electrons. The third-order valence-corrected chi connectivity index (χ3v) is 9.06. The minimum absolute atomic E-state index is 0.000389. The number of rotatable bonds is 11. The summed E-state index contributed by atoms with van der Waals surface area (Å²) in [5.74, 6) is 1.56. The molecule has 1 fully saturated rings. The van der Waals surface area contributed by atoms with Crippen molar-refractivity contribution < 1.29 is 9.84 Å². The number of anilines is 2. The predicted molar refractivity (Wildman–Crippen MR) is 156 cm³/mol. The Kier molecular flexibility index (Phi) is 8.86. The van der Waals surface area contributed by atoms with Crippen LogP contribution in [0.15, 0.2) is 12.3 Å². The molecule has 4 rings (SSSR count). The Morgan fingerprint density at radius 3 is 2.50 bits per heavy atom. The Balaban J connectivity index is 1.65. The van der Waals surface area contributed by atoms with Gasteiger partial charge in [-0.1, -0.05) is 13.3 Å². The van der Waals surface area contributed by atoms with Gasteiger partial charge in [0.05, 0.1) is 27.3 Å². The second-order valence-corrected chi connectivity index (χ2v) is 12.2. The molecule has 1 saturated heterocycles. The average Bonchev–Trinajstić information content (AvgIpc) is 3.30. The fourth-order valence-electron chi connectivity index (χ4n) is 5.32. The molecule has 0 amide bonds. The molecule has 0 bridgehead atoms. The molecule has 9 nitrogen and oxygen atoms in total. The number of aromatic nitrogens is 4. The number of ether oxygens (including phenoxy) is 1. The summed E-state index contributed by atoms with van der Waals surface area (Å²) >= 11 is 1.63. The van der Waals surface area contributed by atoms with E-state index in [1.165, 1.54) is 0 Å². The SMILES string of the molecule is CCC(CCNc1nc(NCC2(N(C)C)CCOCC2)nc(C)c1-c1nc2c(C)nccc2s1)C(C)(C)O. The Morgan fingerprint density at radius 1 is 1.13 bits per heavy atom. The van der Waals surface area contributed by atoms with Crippen LogP contribution in [-0.2, 0) is 4.74 Å². The van der Waals surface area contributed by atoms with Crippen molar-refractivity contribution in [1.29, 1.82) is 0 Å². The monoisotopic (exact) mass is 541 g/mol. The number of pyridine rings is 1. The Morgan fingerprint density at radius 2 is 1.87 bits per heavy atom. The zero-order valence-electron chi connectivity index (χ0n) is 23.9. The lowest BCUT2D eigenvalue weighted by Crippen LogP contribution is -2.53. The molecule has 1 atom stereocenters. The summed E-state index contributed by atoms with van der Waals surface area (Å²) in [5, 5.41) is 18.6. The van der Waals surface area contributed by atoms with E-state index in [1.807, 2.05) is 40.0 Å². The van der Waals surface area contributed by atoms with Crippen LogP contribution < -0.4 is 10.6 Å². The molecule has 1 aliphatic heterocycles. The minimum atomic E-state index is -0.727. The quantitative estimate of drug-likeness (QED) is 0.313. The second kappa shape index (κ2) is 11.8. The van der Waals surface area contributed by atoms with Crippen molar-refractivity contribution in [2.75, 3.05) is 51.0 Å². The van der Waals surface area contributed by atoms with Crippen LogP contribution in [-0.4, -0.2) is 81.5 Å².